The first-order valence-corrected chi connectivity index (χ1v) is 6.29. The molecule has 0 radical (unpaired) electrons. The van der Waals surface area contributed by atoms with Crippen molar-refractivity contribution in [3.8, 4) is 0 Å². The third kappa shape index (κ3) is 3.07. The van der Waals surface area contributed by atoms with E-state index in [2.05, 4.69) is 0 Å². The predicted molar refractivity (Wildman–Crippen MR) is 65.7 cm³/mol. The lowest BCUT2D eigenvalue weighted by molar-refractivity contribution is -0.139. The van der Waals surface area contributed by atoms with E-state index in [0.717, 1.165) is 0 Å². The van der Waals surface area contributed by atoms with Crippen molar-refractivity contribution in [3.05, 3.63) is 0 Å². The van der Waals surface area contributed by atoms with Crippen LogP contribution in [0.1, 0.15) is 34.1 Å². The minimum atomic E-state index is -1.59. The number of likely N-dealkylation sites (tertiary alicyclic amines) is 1. The number of aliphatic hydroxyl groups excluding tert-OH is 1. The summed E-state index contributed by atoms with van der Waals surface area (Å²) in [5.74, 6) is -0.972. The van der Waals surface area contributed by atoms with Crippen molar-refractivity contribution in [1.82, 2.24) is 4.90 Å². The molecule has 1 N–H and O–H groups in total. The van der Waals surface area contributed by atoms with Crippen LogP contribution in [0.4, 0.5) is 4.39 Å². The van der Waals surface area contributed by atoms with Crippen LogP contribution >= 0.6 is 0 Å². The molecule has 0 unspecified atom stereocenters. The number of amides is 1. The molecule has 0 aliphatic carbocycles. The molecule has 1 aliphatic rings. The Morgan fingerprint density at radius 1 is 1.56 bits per heavy atom. The summed E-state index contributed by atoms with van der Waals surface area (Å²) in [6, 6.07) is -0.682. The van der Waals surface area contributed by atoms with E-state index >= 15 is 0 Å². The van der Waals surface area contributed by atoms with Crippen LogP contribution in [0.15, 0.2) is 0 Å². The number of carbonyl (C=O) groups excluding carboxylic acids is 2. The molecule has 5 heteroatoms. The molecule has 104 valence electrons. The lowest BCUT2D eigenvalue weighted by Gasteiger charge is -2.32. The molecule has 1 aliphatic heterocycles. The van der Waals surface area contributed by atoms with E-state index in [-0.39, 0.29) is 31.3 Å². The second-order valence-corrected chi connectivity index (χ2v) is 6.06. The molecule has 1 amide bonds. The third-order valence-corrected chi connectivity index (χ3v) is 3.28. The van der Waals surface area contributed by atoms with E-state index in [1.807, 2.05) is 0 Å². The number of ketones is 1. The number of halogens is 1. The largest absolute Gasteiger partial charge is 0.396 e. The summed E-state index contributed by atoms with van der Waals surface area (Å²) in [7, 11) is 0. The maximum Gasteiger partial charge on any atom is 0.257 e. The summed E-state index contributed by atoms with van der Waals surface area (Å²) in [5, 5.41) is 9.22. The van der Waals surface area contributed by atoms with E-state index in [1.165, 1.54) is 4.90 Å². The fourth-order valence-electron chi connectivity index (χ4n) is 2.11. The Bertz CT molecular complexity index is 341. The van der Waals surface area contributed by atoms with Crippen LogP contribution in [-0.2, 0) is 9.59 Å². The molecule has 4 nitrogen and oxygen atoms in total. The van der Waals surface area contributed by atoms with Crippen LogP contribution in [0.25, 0.3) is 0 Å². The first-order valence-electron chi connectivity index (χ1n) is 6.29. The Morgan fingerprint density at radius 2 is 2.11 bits per heavy atom. The zero-order chi connectivity index (χ0) is 14.1. The van der Waals surface area contributed by atoms with Crippen molar-refractivity contribution >= 4 is 11.7 Å². The first-order chi connectivity index (χ1) is 8.19. The van der Waals surface area contributed by atoms with Gasteiger partial charge in [0.2, 0.25) is 0 Å². The summed E-state index contributed by atoms with van der Waals surface area (Å²) in [4.78, 5) is 25.0. The monoisotopic (exact) mass is 259 g/mol. The Balaban J connectivity index is 2.90. The number of aliphatic hydroxyl groups is 1. The second-order valence-electron chi connectivity index (χ2n) is 6.06. The van der Waals surface area contributed by atoms with E-state index in [4.69, 9.17) is 0 Å². The number of nitrogens with zero attached hydrogens (tertiary/aromatic N) is 1. The summed E-state index contributed by atoms with van der Waals surface area (Å²) < 4.78 is 13.5. The Labute approximate surface area is 107 Å². The molecule has 1 saturated heterocycles. The normalized spacial score (nSPS) is 25.1. The van der Waals surface area contributed by atoms with Gasteiger partial charge in [0.25, 0.3) is 5.91 Å². The molecular formula is C13H22FNO3. The van der Waals surface area contributed by atoms with Crippen LogP contribution in [0.3, 0.4) is 0 Å². The van der Waals surface area contributed by atoms with Gasteiger partial charge in [-0.05, 0) is 0 Å². The Kier molecular flexibility index (Phi) is 4.48. The van der Waals surface area contributed by atoms with Gasteiger partial charge in [-0.3, -0.25) is 9.59 Å². The van der Waals surface area contributed by atoms with Crippen LogP contribution in [-0.4, -0.2) is 47.1 Å². The Morgan fingerprint density at radius 3 is 2.56 bits per heavy atom. The highest BCUT2D eigenvalue weighted by molar-refractivity contribution is 5.95. The van der Waals surface area contributed by atoms with Crippen molar-refractivity contribution in [2.75, 3.05) is 13.2 Å². The fourth-order valence-corrected chi connectivity index (χ4v) is 2.11. The zero-order valence-electron chi connectivity index (χ0n) is 11.4. The Hall–Kier alpha value is -0.970. The molecule has 0 aromatic rings. The first kappa shape index (κ1) is 15.1. The molecular weight excluding hydrogens is 237 g/mol. The molecule has 1 fully saturated rings. The van der Waals surface area contributed by atoms with Gasteiger partial charge in [0, 0.05) is 30.9 Å². The quantitative estimate of drug-likeness (QED) is 0.806. The number of carbonyl (C=O) groups is 2. The van der Waals surface area contributed by atoms with Gasteiger partial charge in [0.15, 0.2) is 12.0 Å². The standard InChI is InChI=1S/C13H22FNO3/c1-8(2)11(17)10-5-9(14)12(18)15(10)6-13(3,4)7-16/h8-10,16H,5-7H2,1-4H3/t9-,10+/m1/s1. The molecule has 0 spiro atoms. The summed E-state index contributed by atoms with van der Waals surface area (Å²) in [6.07, 6.45) is -1.65. The minimum absolute atomic E-state index is 0.0582. The molecule has 1 heterocycles. The molecule has 0 saturated carbocycles. The highest BCUT2D eigenvalue weighted by Gasteiger charge is 2.45. The van der Waals surface area contributed by atoms with Gasteiger partial charge >= 0.3 is 0 Å². The van der Waals surface area contributed by atoms with Crippen LogP contribution in [0.2, 0.25) is 0 Å². The maximum absolute atomic E-state index is 13.5. The summed E-state index contributed by atoms with van der Waals surface area (Å²) in [5.41, 5.74) is -0.533. The summed E-state index contributed by atoms with van der Waals surface area (Å²) >= 11 is 0. The molecule has 1 rings (SSSR count). The number of hydrogen-bond acceptors (Lipinski definition) is 3. The minimum Gasteiger partial charge on any atom is -0.396 e. The third-order valence-electron chi connectivity index (χ3n) is 3.28. The molecule has 0 aromatic heterocycles. The van der Waals surface area contributed by atoms with Crippen molar-refractivity contribution in [2.45, 2.75) is 46.3 Å². The SMILES string of the molecule is CC(C)C(=O)[C@@H]1C[C@@H](F)C(=O)N1CC(C)(C)CO. The van der Waals surface area contributed by atoms with Gasteiger partial charge in [-0.25, -0.2) is 4.39 Å². The van der Waals surface area contributed by atoms with Crippen LogP contribution in [0, 0.1) is 11.3 Å². The zero-order valence-corrected chi connectivity index (χ0v) is 11.4. The summed E-state index contributed by atoms with van der Waals surface area (Å²) in [6.45, 7) is 7.13. The number of hydrogen-bond donors (Lipinski definition) is 1. The van der Waals surface area contributed by atoms with Gasteiger partial charge < -0.3 is 10.0 Å². The van der Waals surface area contributed by atoms with Crippen LogP contribution < -0.4 is 0 Å². The van der Waals surface area contributed by atoms with Gasteiger partial charge in [-0.15, -0.1) is 0 Å². The van der Waals surface area contributed by atoms with E-state index in [9.17, 15) is 19.1 Å². The van der Waals surface area contributed by atoms with E-state index < -0.39 is 23.5 Å². The van der Waals surface area contributed by atoms with Crippen molar-refractivity contribution in [1.29, 1.82) is 0 Å². The lowest BCUT2D eigenvalue weighted by Crippen LogP contribution is -2.46. The van der Waals surface area contributed by atoms with Crippen molar-refractivity contribution in [2.24, 2.45) is 11.3 Å². The molecule has 0 bridgehead atoms. The van der Waals surface area contributed by atoms with Crippen molar-refractivity contribution < 1.29 is 19.1 Å². The van der Waals surface area contributed by atoms with Gasteiger partial charge in [-0.2, -0.15) is 0 Å². The van der Waals surface area contributed by atoms with Crippen LogP contribution in [0.5, 0.6) is 0 Å². The predicted octanol–water partition coefficient (Wildman–Crippen LogP) is 1.17. The highest BCUT2D eigenvalue weighted by atomic mass is 19.1. The number of rotatable bonds is 5. The number of Topliss-reactive ketones (excluding diaryl/α,β-unsaturated/α-hetero) is 1. The van der Waals surface area contributed by atoms with Crippen molar-refractivity contribution in [3.63, 3.8) is 0 Å². The van der Waals surface area contributed by atoms with E-state index in [0.29, 0.717) is 0 Å². The average molecular weight is 259 g/mol. The average Bonchev–Trinajstić information content (AvgIpc) is 2.56. The topological polar surface area (TPSA) is 57.6 Å². The number of alkyl halides is 1. The maximum atomic E-state index is 13.5. The lowest BCUT2D eigenvalue weighted by atomic mass is 9.92. The van der Waals surface area contributed by atoms with Gasteiger partial charge in [0.05, 0.1) is 6.04 Å². The molecule has 2 atom stereocenters. The smallest absolute Gasteiger partial charge is 0.257 e. The van der Waals surface area contributed by atoms with Gasteiger partial charge in [-0.1, -0.05) is 27.7 Å². The second kappa shape index (κ2) is 5.34. The fraction of sp³-hybridized carbons (Fsp3) is 0.846. The van der Waals surface area contributed by atoms with E-state index in [1.54, 1.807) is 27.7 Å². The molecule has 0 aromatic carbocycles. The molecule has 18 heavy (non-hydrogen) atoms. The highest BCUT2D eigenvalue weighted by Crippen LogP contribution is 2.28. The van der Waals surface area contributed by atoms with Gasteiger partial charge in [0.1, 0.15) is 0 Å².